The van der Waals surface area contributed by atoms with Crippen molar-refractivity contribution in [1.82, 2.24) is 24.6 Å². The molecule has 0 aliphatic carbocycles. The van der Waals surface area contributed by atoms with E-state index < -0.39 is 6.04 Å². The molecule has 1 atom stereocenters. The molecule has 3 aromatic rings. The van der Waals surface area contributed by atoms with Gasteiger partial charge in [-0.05, 0) is 92.8 Å². The number of urea groups is 1. The lowest BCUT2D eigenvalue weighted by Gasteiger charge is -2.40. The van der Waals surface area contributed by atoms with E-state index in [9.17, 15) is 19.2 Å². The molecular weight excluding hydrogens is 703 g/mol. The van der Waals surface area contributed by atoms with Crippen LogP contribution < -0.4 is 20.9 Å². The minimum Gasteiger partial charge on any atom is -0.496 e. The van der Waals surface area contributed by atoms with Gasteiger partial charge in [0.05, 0.1) is 7.11 Å². The Hall–Kier alpha value is -4.06. The zero-order valence-electron chi connectivity index (χ0n) is 30.6. The molecule has 0 saturated carbocycles. The van der Waals surface area contributed by atoms with Gasteiger partial charge in [-0.1, -0.05) is 29.3 Å². The molecule has 0 bridgehead atoms. The van der Waals surface area contributed by atoms with Gasteiger partial charge in [0.15, 0.2) is 0 Å². The van der Waals surface area contributed by atoms with Crippen LogP contribution in [-0.4, -0.2) is 89.5 Å². The minimum atomic E-state index is -0.466. The maximum Gasteiger partial charge on any atom is 0.319 e. The smallest absolute Gasteiger partial charge is 0.319 e. The van der Waals surface area contributed by atoms with Gasteiger partial charge in [0, 0.05) is 97.9 Å². The van der Waals surface area contributed by atoms with E-state index in [1.54, 1.807) is 18.7 Å². The number of carbonyl (C=O) groups excluding carboxylic acids is 3. The van der Waals surface area contributed by atoms with Crippen molar-refractivity contribution in [2.45, 2.75) is 76.9 Å². The van der Waals surface area contributed by atoms with Crippen molar-refractivity contribution in [3.05, 3.63) is 79.2 Å². The van der Waals surface area contributed by atoms with Crippen molar-refractivity contribution in [1.29, 1.82) is 0 Å². The topological polar surface area (TPSA) is 116 Å². The van der Waals surface area contributed by atoms with Crippen molar-refractivity contribution < 1.29 is 19.1 Å². The number of likely N-dealkylation sites (tertiary alicyclic amines) is 2. The number of amides is 4. The van der Waals surface area contributed by atoms with E-state index in [4.69, 9.17) is 27.9 Å². The summed E-state index contributed by atoms with van der Waals surface area (Å²) >= 11 is 13.6. The Kier molecular flexibility index (Phi) is 11.5. The van der Waals surface area contributed by atoms with E-state index in [0.717, 1.165) is 72.3 Å². The van der Waals surface area contributed by atoms with Crippen LogP contribution in [0, 0.1) is 13.8 Å². The lowest BCUT2D eigenvalue weighted by molar-refractivity contribution is -0.133. The van der Waals surface area contributed by atoms with Crippen LogP contribution in [0.1, 0.15) is 66.7 Å². The van der Waals surface area contributed by atoms with Crippen molar-refractivity contribution in [2.75, 3.05) is 45.7 Å². The van der Waals surface area contributed by atoms with Gasteiger partial charge in [0.25, 0.3) is 5.56 Å². The zero-order chi connectivity index (χ0) is 37.3. The summed E-state index contributed by atoms with van der Waals surface area (Å²) in [7, 11) is 5.33. The van der Waals surface area contributed by atoms with Crippen LogP contribution in [0.2, 0.25) is 10.0 Å². The molecule has 13 heteroatoms. The standard InChI is InChI=1S/C39H48Cl2N6O5/c1-23-24(2)38(50)44(3)21-30(23)26-18-32(40)31(35(19-26)52-5)22-46-14-12-28(13-15-46)45(4)39(51)47-16-10-25(11-17-47)29-7-6-27(20-33(29)41)42-34-8-9-36(48)43-37(34)49/h6-7,18-21,25,28,34,42H,8-17,22H2,1-5H3,(H,43,48,49). The second-order valence-electron chi connectivity index (χ2n) is 14.4. The molecule has 1 aromatic heterocycles. The quantitative estimate of drug-likeness (QED) is 0.268. The lowest BCUT2D eigenvalue weighted by atomic mass is 9.89. The fourth-order valence-corrected chi connectivity index (χ4v) is 8.40. The fourth-order valence-electron chi connectivity index (χ4n) is 7.80. The Bertz CT molecular complexity index is 1920. The van der Waals surface area contributed by atoms with Gasteiger partial charge in [-0.3, -0.25) is 24.6 Å². The fraction of sp³-hybridized carbons (Fsp3) is 0.487. The summed E-state index contributed by atoms with van der Waals surface area (Å²) in [5.41, 5.74) is 6.20. The van der Waals surface area contributed by atoms with Crippen LogP contribution in [0.25, 0.3) is 11.1 Å². The van der Waals surface area contributed by atoms with E-state index >= 15 is 0 Å². The summed E-state index contributed by atoms with van der Waals surface area (Å²) in [5, 5.41) is 6.82. The Morgan fingerprint density at radius 2 is 1.67 bits per heavy atom. The first-order valence-corrected chi connectivity index (χ1v) is 18.8. The third-order valence-corrected chi connectivity index (χ3v) is 11.9. The number of rotatable bonds is 8. The average Bonchev–Trinajstić information content (AvgIpc) is 3.14. The number of nitrogens with zero attached hydrogens (tertiary/aromatic N) is 4. The van der Waals surface area contributed by atoms with Crippen molar-refractivity contribution >= 4 is 46.7 Å². The molecule has 3 saturated heterocycles. The number of nitrogens with one attached hydrogen (secondary N) is 2. The molecule has 2 aromatic carbocycles. The molecule has 6 rings (SSSR count). The number of carbonyl (C=O) groups is 3. The predicted octanol–water partition coefficient (Wildman–Crippen LogP) is 6.10. The number of ether oxygens (including phenoxy) is 1. The highest BCUT2D eigenvalue weighted by Gasteiger charge is 2.32. The summed E-state index contributed by atoms with van der Waals surface area (Å²) < 4.78 is 7.42. The SMILES string of the molecule is COc1cc(-c2cn(C)c(=O)c(C)c2C)cc(Cl)c1CN1CCC(N(C)C(=O)N2CCC(c3ccc(NC4CCC(=O)NC4=O)cc3Cl)CC2)CC1. The van der Waals surface area contributed by atoms with Crippen molar-refractivity contribution in [2.24, 2.45) is 7.05 Å². The molecule has 4 amide bonds. The number of halogens is 2. The molecule has 4 heterocycles. The number of piperidine rings is 3. The van der Waals surface area contributed by atoms with E-state index in [-0.39, 0.29) is 35.4 Å². The largest absolute Gasteiger partial charge is 0.496 e. The maximum atomic E-state index is 13.6. The van der Waals surface area contributed by atoms with Gasteiger partial charge in [-0.25, -0.2) is 4.79 Å². The number of aryl methyl sites for hydroxylation is 1. The van der Waals surface area contributed by atoms with Gasteiger partial charge in [0.2, 0.25) is 11.8 Å². The monoisotopic (exact) mass is 750 g/mol. The van der Waals surface area contributed by atoms with Crippen LogP contribution in [0.4, 0.5) is 10.5 Å². The molecule has 0 radical (unpaired) electrons. The van der Waals surface area contributed by atoms with Crippen molar-refractivity contribution in [3.63, 3.8) is 0 Å². The first-order valence-electron chi connectivity index (χ1n) is 18.0. The van der Waals surface area contributed by atoms with Crippen LogP contribution in [0.15, 0.2) is 41.3 Å². The van der Waals surface area contributed by atoms with Crippen LogP contribution >= 0.6 is 23.2 Å². The highest BCUT2D eigenvalue weighted by Crippen LogP contribution is 2.37. The zero-order valence-corrected chi connectivity index (χ0v) is 32.1. The van der Waals surface area contributed by atoms with Crippen LogP contribution in [0.3, 0.4) is 0 Å². The van der Waals surface area contributed by atoms with Gasteiger partial charge < -0.3 is 24.4 Å². The average molecular weight is 752 g/mol. The molecule has 2 N–H and O–H groups in total. The summed E-state index contributed by atoms with van der Waals surface area (Å²) in [6.07, 6.45) is 5.97. The number of hydrogen-bond donors (Lipinski definition) is 2. The second-order valence-corrected chi connectivity index (χ2v) is 15.2. The number of anilines is 1. The Balaban J connectivity index is 1.00. The normalized spacial score (nSPS) is 19.1. The molecule has 52 heavy (non-hydrogen) atoms. The van der Waals surface area contributed by atoms with Crippen LogP contribution in [-0.2, 0) is 23.2 Å². The number of benzene rings is 2. The van der Waals surface area contributed by atoms with E-state index in [1.165, 1.54) is 0 Å². The summed E-state index contributed by atoms with van der Waals surface area (Å²) in [4.78, 5) is 55.9. The van der Waals surface area contributed by atoms with E-state index in [0.29, 0.717) is 53.8 Å². The minimum absolute atomic E-state index is 0.0103. The number of methoxy groups -OCH3 is 1. The molecule has 11 nitrogen and oxygen atoms in total. The summed E-state index contributed by atoms with van der Waals surface area (Å²) in [6, 6.07) is 9.48. The lowest BCUT2D eigenvalue weighted by Crippen LogP contribution is -2.51. The molecule has 1 unspecified atom stereocenters. The molecule has 3 fully saturated rings. The molecule has 0 spiro atoms. The number of aromatic nitrogens is 1. The first-order chi connectivity index (χ1) is 24.8. The van der Waals surface area contributed by atoms with Gasteiger partial charge >= 0.3 is 6.03 Å². The molecule has 278 valence electrons. The van der Waals surface area contributed by atoms with Gasteiger partial charge in [-0.15, -0.1) is 0 Å². The Morgan fingerprint density at radius 3 is 2.33 bits per heavy atom. The second kappa shape index (κ2) is 15.9. The number of hydrogen-bond acceptors (Lipinski definition) is 7. The summed E-state index contributed by atoms with van der Waals surface area (Å²) in [5.74, 6) is 0.390. The summed E-state index contributed by atoms with van der Waals surface area (Å²) in [6.45, 7) is 7.42. The van der Waals surface area contributed by atoms with Gasteiger partial charge in [0.1, 0.15) is 11.8 Å². The number of pyridine rings is 1. The van der Waals surface area contributed by atoms with Gasteiger partial charge in [-0.2, -0.15) is 0 Å². The Morgan fingerprint density at radius 1 is 0.962 bits per heavy atom. The third kappa shape index (κ3) is 7.96. The maximum absolute atomic E-state index is 13.6. The highest BCUT2D eigenvalue weighted by molar-refractivity contribution is 6.32. The van der Waals surface area contributed by atoms with Crippen LogP contribution in [0.5, 0.6) is 5.75 Å². The van der Waals surface area contributed by atoms with Crippen molar-refractivity contribution in [3.8, 4) is 16.9 Å². The molecule has 3 aliphatic heterocycles. The molecule has 3 aliphatic rings. The predicted molar refractivity (Wildman–Crippen MR) is 204 cm³/mol. The first kappa shape index (κ1) is 37.7. The third-order valence-electron chi connectivity index (χ3n) is 11.2. The van der Waals surface area contributed by atoms with E-state index in [1.807, 2.05) is 67.2 Å². The number of imide groups is 1. The highest BCUT2D eigenvalue weighted by atomic mass is 35.5. The van der Waals surface area contributed by atoms with E-state index in [2.05, 4.69) is 15.5 Å². The molecular formula is C39H48Cl2N6O5. The Labute approximate surface area is 315 Å².